The molecule has 3 atom stereocenters. The van der Waals surface area contributed by atoms with Gasteiger partial charge in [0.1, 0.15) is 24.3 Å². The van der Waals surface area contributed by atoms with Crippen molar-refractivity contribution in [2.75, 3.05) is 0 Å². The van der Waals surface area contributed by atoms with E-state index in [1.54, 1.807) is 60.0 Å². The van der Waals surface area contributed by atoms with E-state index >= 15 is 0 Å². The zero-order valence-electron chi connectivity index (χ0n) is 20.7. The van der Waals surface area contributed by atoms with Crippen molar-refractivity contribution in [2.45, 2.75) is 45.1 Å². The highest BCUT2D eigenvalue weighted by atomic mass is 35.5. The number of esters is 1. The van der Waals surface area contributed by atoms with Crippen LogP contribution in [0.4, 0.5) is 0 Å². The van der Waals surface area contributed by atoms with Gasteiger partial charge in [-0.25, -0.2) is 0 Å². The van der Waals surface area contributed by atoms with Crippen LogP contribution < -0.4 is 5.73 Å². The average molecular weight is 538 g/mol. The van der Waals surface area contributed by atoms with Gasteiger partial charge in [0.05, 0.1) is 17.2 Å². The number of amidine groups is 2. The normalized spacial score (nSPS) is 21.3. The molecule has 0 spiro atoms. The maximum absolute atomic E-state index is 12.9. The highest BCUT2D eigenvalue weighted by Gasteiger charge is 2.41. The van der Waals surface area contributed by atoms with Gasteiger partial charge in [0.2, 0.25) is 5.91 Å². The molecule has 0 aliphatic carbocycles. The lowest BCUT2D eigenvalue weighted by Crippen LogP contribution is -2.39. The SMILES string of the molecule is CC(=N)N1C(=N)C(CC(=O)OCc2ccc(C(N)=O)cc2)N=C(c2ccc(Cl)cc2)C2=C1SC(C)C2C. The Kier molecular flexibility index (Phi) is 7.85. The molecule has 8 nitrogen and oxygen atoms in total. The summed E-state index contributed by atoms with van der Waals surface area (Å²) in [5, 5.41) is 19.0. The number of nitrogens with zero attached hydrogens (tertiary/aromatic N) is 2. The molecule has 0 saturated heterocycles. The van der Waals surface area contributed by atoms with Crippen LogP contribution in [-0.2, 0) is 16.1 Å². The van der Waals surface area contributed by atoms with E-state index in [-0.39, 0.29) is 35.9 Å². The number of hydrogen-bond acceptors (Lipinski definition) is 7. The Bertz CT molecular complexity index is 1320. The van der Waals surface area contributed by atoms with Gasteiger partial charge in [-0.3, -0.25) is 30.3 Å². The third kappa shape index (κ3) is 5.62. The maximum atomic E-state index is 12.9. The second-order valence-electron chi connectivity index (χ2n) is 9.06. The van der Waals surface area contributed by atoms with Crippen molar-refractivity contribution >= 4 is 52.6 Å². The van der Waals surface area contributed by atoms with E-state index in [1.807, 2.05) is 12.1 Å². The van der Waals surface area contributed by atoms with E-state index in [1.165, 1.54) is 0 Å². The van der Waals surface area contributed by atoms with Gasteiger partial charge >= 0.3 is 5.97 Å². The van der Waals surface area contributed by atoms with Crippen LogP contribution in [0.25, 0.3) is 0 Å². The Morgan fingerprint density at radius 3 is 2.38 bits per heavy atom. The summed E-state index contributed by atoms with van der Waals surface area (Å²) in [5.41, 5.74) is 8.84. The topological polar surface area (TPSA) is 133 Å². The predicted molar refractivity (Wildman–Crippen MR) is 147 cm³/mol. The van der Waals surface area contributed by atoms with Crippen LogP contribution in [0.1, 0.15) is 48.7 Å². The number of primary amides is 1. The van der Waals surface area contributed by atoms with Gasteiger partial charge in [0, 0.05) is 27.0 Å². The number of rotatable bonds is 6. The number of amides is 1. The number of thioether (sulfide) groups is 1. The quantitative estimate of drug-likeness (QED) is 0.271. The molecule has 0 saturated carbocycles. The number of nitrogens with one attached hydrogen (secondary N) is 2. The molecule has 2 aliphatic rings. The Morgan fingerprint density at radius 2 is 1.78 bits per heavy atom. The number of nitrogens with two attached hydrogens (primary N) is 1. The maximum Gasteiger partial charge on any atom is 0.308 e. The molecule has 10 heteroatoms. The summed E-state index contributed by atoms with van der Waals surface area (Å²) in [4.78, 5) is 30.7. The lowest BCUT2D eigenvalue weighted by Gasteiger charge is -2.27. The van der Waals surface area contributed by atoms with Gasteiger partial charge in [-0.15, -0.1) is 11.8 Å². The van der Waals surface area contributed by atoms with Crippen LogP contribution in [0.5, 0.6) is 0 Å². The molecule has 4 N–H and O–H groups in total. The number of hydrogen-bond donors (Lipinski definition) is 3. The van der Waals surface area contributed by atoms with Crippen molar-refractivity contribution in [1.82, 2.24) is 4.90 Å². The van der Waals surface area contributed by atoms with Crippen molar-refractivity contribution in [3.8, 4) is 0 Å². The molecular weight excluding hydrogens is 510 g/mol. The van der Waals surface area contributed by atoms with Crippen molar-refractivity contribution in [1.29, 1.82) is 10.8 Å². The number of ether oxygens (including phenoxy) is 1. The highest BCUT2D eigenvalue weighted by molar-refractivity contribution is 8.04. The monoisotopic (exact) mass is 537 g/mol. The fourth-order valence-corrected chi connectivity index (χ4v) is 5.83. The lowest BCUT2D eigenvalue weighted by molar-refractivity contribution is -0.145. The Labute approximate surface area is 224 Å². The summed E-state index contributed by atoms with van der Waals surface area (Å²) in [7, 11) is 0. The molecule has 192 valence electrons. The van der Waals surface area contributed by atoms with E-state index in [0.717, 1.165) is 16.2 Å². The molecule has 0 radical (unpaired) electrons. The first kappa shape index (κ1) is 26.6. The van der Waals surface area contributed by atoms with Crippen molar-refractivity contribution in [2.24, 2.45) is 16.6 Å². The number of halogens is 1. The van der Waals surface area contributed by atoms with E-state index in [2.05, 4.69) is 13.8 Å². The van der Waals surface area contributed by atoms with E-state index in [9.17, 15) is 9.59 Å². The number of carbonyl (C=O) groups is 2. The number of allylic oxidation sites excluding steroid dienone is 1. The van der Waals surface area contributed by atoms with Crippen molar-refractivity contribution in [3.05, 3.63) is 80.8 Å². The summed E-state index contributed by atoms with van der Waals surface area (Å²) >= 11 is 7.74. The second kappa shape index (κ2) is 10.9. The molecule has 3 unspecified atom stereocenters. The number of benzene rings is 2. The second-order valence-corrected chi connectivity index (χ2v) is 10.9. The van der Waals surface area contributed by atoms with E-state index in [0.29, 0.717) is 21.9 Å². The molecule has 0 aromatic heterocycles. The van der Waals surface area contributed by atoms with Crippen LogP contribution in [0.2, 0.25) is 5.02 Å². The first-order valence-electron chi connectivity index (χ1n) is 11.8. The van der Waals surface area contributed by atoms with Gasteiger partial charge in [-0.1, -0.05) is 49.7 Å². The molecule has 1 amide bonds. The molecule has 0 bridgehead atoms. The summed E-state index contributed by atoms with van der Waals surface area (Å²) in [5.74, 6) is -0.685. The molecule has 37 heavy (non-hydrogen) atoms. The Hall–Kier alpha value is -3.43. The standard InChI is InChI=1S/C27H28ClN5O3S/c1-14-15(2)37-27-23(14)24(18-8-10-20(28)11-9-18)32-21(25(30)33(27)16(3)29)12-22(34)36-13-17-4-6-19(7-5-17)26(31)35/h4-11,14-15,21,29-30H,12-13H2,1-3H3,(H2,31,35). The predicted octanol–water partition coefficient (Wildman–Crippen LogP) is 5.00. The van der Waals surface area contributed by atoms with Crippen LogP contribution in [0.3, 0.4) is 0 Å². The lowest BCUT2D eigenvalue weighted by atomic mass is 9.91. The fraction of sp³-hybridized carbons (Fsp3) is 0.296. The van der Waals surface area contributed by atoms with Gasteiger partial charge in [0.25, 0.3) is 0 Å². The zero-order valence-corrected chi connectivity index (χ0v) is 22.3. The van der Waals surface area contributed by atoms with Crippen LogP contribution in [-0.4, -0.2) is 45.5 Å². The minimum atomic E-state index is -0.843. The Morgan fingerprint density at radius 1 is 1.14 bits per heavy atom. The third-order valence-electron chi connectivity index (χ3n) is 6.44. The molecule has 0 fully saturated rings. The first-order chi connectivity index (χ1) is 17.6. The van der Waals surface area contributed by atoms with Gasteiger partial charge < -0.3 is 10.5 Å². The average Bonchev–Trinajstić information content (AvgIpc) is 3.07. The molecule has 2 aliphatic heterocycles. The van der Waals surface area contributed by atoms with Crippen LogP contribution in [0, 0.1) is 16.7 Å². The molecule has 2 aromatic carbocycles. The molecule has 4 rings (SSSR count). The van der Waals surface area contributed by atoms with Gasteiger partial charge in [0.15, 0.2) is 0 Å². The molecule has 2 aromatic rings. The smallest absolute Gasteiger partial charge is 0.308 e. The summed E-state index contributed by atoms with van der Waals surface area (Å²) in [6.45, 7) is 5.88. The van der Waals surface area contributed by atoms with Crippen molar-refractivity contribution in [3.63, 3.8) is 0 Å². The molecular formula is C27H28ClN5O3S. The number of carbonyl (C=O) groups excluding carboxylic acids is 2. The highest BCUT2D eigenvalue weighted by Crippen LogP contribution is 2.46. The van der Waals surface area contributed by atoms with Crippen LogP contribution >= 0.6 is 23.4 Å². The van der Waals surface area contributed by atoms with Gasteiger partial charge in [-0.2, -0.15) is 0 Å². The largest absolute Gasteiger partial charge is 0.461 e. The van der Waals surface area contributed by atoms with Crippen LogP contribution in [0.15, 0.2) is 64.1 Å². The zero-order chi connectivity index (χ0) is 26.9. The summed E-state index contributed by atoms with van der Waals surface area (Å²) < 4.78 is 5.48. The number of aliphatic imine (C=N–C) groups is 1. The summed E-state index contributed by atoms with van der Waals surface area (Å²) in [6, 6.07) is 13.0. The minimum Gasteiger partial charge on any atom is -0.461 e. The van der Waals surface area contributed by atoms with E-state index < -0.39 is 17.9 Å². The van der Waals surface area contributed by atoms with Gasteiger partial charge in [-0.05, 0) is 42.7 Å². The van der Waals surface area contributed by atoms with Crippen molar-refractivity contribution < 1.29 is 14.3 Å². The fourth-order valence-electron chi connectivity index (χ4n) is 4.27. The minimum absolute atomic E-state index is 0.0121. The first-order valence-corrected chi connectivity index (χ1v) is 13.1. The van der Waals surface area contributed by atoms with E-state index in [4.69, 9.17) is 37.9 Å². The Balaban J connectivity index is 1.64. The third-order valence-corrected chi connectivity index (χ3v) is 8.10. The summed E-state index contributed by atoms with van der Waals surface area (Å²) in [6.07, 6.45) is -0.158. The molecule has 2 heterocycles.